The molecule has 1 aromatic rings. The van der Waals surface area contributed by atoms with Crippen molar-refractivity contribution in [2.24, 2.45) is 0 Å². The number of esters is 1. The summed E-state index contributed by atoms with van der Waals surface area (Å²) in [6, 6.07) is 1.90. The van der Waals surface area contributed by atoms with Crippen molar-refractivity contribution in [3.8, 4) is 0 Å². The fourth-order valence-corrected chi connectivity index (χ4v) is 2.50. The number of carbonyl (C=O) groups is 1. The molecule has 0 amide bonds. The highest BCUT2D eigenvalue weighted by Gasteiger charge is 2.14. The Hall–Kier alpha value is -1.03. The van der Waals surface area contributed by atoms with Crippen LogP contribution in [0.2, 0.25) is 0 Å². The zero-order valence-electron chi connectivity index (χ0n) is 9.91. The summed E-state index contributed by atoms with van der Waals surface area (Å²) in [4.78, 5) is 13.2. The highest BCUT2D eigenvalue weighted by atomic mass is 32.1. The molecule has 0 aliphatic carbocycles. The van der Waals surface area contributed by atoms with Crippen molar-refractivity contribution in [1.29, 1.82) is 0 Å². The number of unbranched alkanes of at least 4 members (excludes halogenated alkanes) is 2. The smallest absolute Gasteiger partial charge is 0.350 e. The third-order valence-corrected chi connectivity index (χ3v) is 3.49. The maximum absolute atomic E-state index is 11.5. The molecule has 0 atom stereocenters. The molecule has 1 aromatic heterocycles. The molecule has 0 bridgehead atoms. The number of ether oxygens (including phenoxy) is 1. The molecular weight excluding hydrogens is 222 g/mol. The number of hydrogen-bond donors (Lipinski definition) is 1. The van der Waals surface area contributed by atoms with Gasteiger partial charge in [-0.1, -0.05) is 19.8 Å². The van der Waals surface area contributed by atoms with Gasteiger partial charge < -0.3 is 10.5 Å². The topological polar surface area (TPSA) is 52.3 Å². The van der Waals surface area contributed by atoms with Crippen molar-refractivity contribution in [2.45, 2.75) is 39.5 Å². The van der Waals surface area contributed by atoms with E-state index in [0.29, 0.717) is 17.2 Å². The molecule has 0 saturated carbocycles. The molecule has 0 spiro atoms. The Balaban J connectivity index is 2.62. The van der Waals surface area contributed by atoms with Crippen LogP contribution in [0, 0.1) is 0 Å². The molecule has 1 rings (SSSR count). The fraction of sp³-hybridized carbons (Fsp3) is 0.583. The lowest BCUT2D eigenvalue weighted by Crippen LogP contribution is -2.04. The Labute approximate surface area is 101 Å². The molecule has 3 nitrogen and oxygen atoms in total. The van der Waals surface area contributed by atoms with Gasteiger partial charge in [0.1, 0.15) is 4.88 Å². The van der Waals surface area contributed by atoms with Crippen molar-refractivity contribution >= 4 is 23.0 Å². The molecule has 16 heavy (non-hydrogen) atoms. The third-order valence-electron chi connectivity index (χ3n) is 2.30. The van der Waals surface area contributed by atoms with E-state index in [1.54, 1.807) is 6.92 Å². The van der Waals surface area contributed by atoms with E-state index in [0.717, 1.165) is 12.8 Å². The maximum atomic E-state index is 11.5. The van der Waals surface area contributed by atoms with Crippen LogP contribution in [0.4, 0.5) is 5.69 Å². The highest BCUT2D eigenvalue weighted by molar-refractivity contribution is 7.14. The van der Waals surface area contributed by atoms with Crippen LogP contribution in [-0.2, 0) is 11.2 Å². The van der Waals surface area contributed by atoms with Gasteiger partial charge >= 0.3 is 5.97 Å². The molecule has 2 N–H and O–H groups in total. The number of carbonyl (C=O) groups excluding carboxylic acids is 1. The Bertz CT molecular complexity index is 347. The molecule has 0 unspecified atom stereocenters. The Morgan fingerprint density at radius 2 is 2.19 bits per heavy atom. The molecule has 0 radical (unpaired) electrons. The van der Waals surface area contributed by atoms with Crippen LogP contribution in [0.3, 0.4) is 0 Å². The van der Waals surface area contributed by atoms with Gasteiger partial charge in [0, 0.05) is 4.88 Å². The fourth-order valence-electron chi connectivity index (χ4n) is 1.49. The summed E-state index contributed by atoms with van der Waals surface area (Å²) in [6.07, 6.45) is 4.57. The van der Waals surface area contributed by atoms with E-state index in [9.17, 15) is 4.79 Å². The van der Waals surface area contributed by atoms with E-state index in [4.69, 9.17) is 10.5 Å². The Kier molecular flexibility index (Phi) is 5.32. The molecule has 0 fully saturated rings. The van der Waals surface area contributed by atoms with E-state index in [1.807, 2.05) is 6.07 Å². The predicted octanol–water partition coefficient (Wildman–Crippen LogP) is 3.24. The number of nitrogens with two attached hydrogens (primary N) is 1. The van der Waals surface area contributed by atoms with E-state index in [-0.39, 0.29) is 5.97 Å². The molecule has 4 heteroatoms. The van der Waals surface area contributed by atoms with E-state index in [2.05, 4.69) is 6.92 Å². The molecule has 0 aromatic carbocycles. The van der Waals surface area contributed by atoms with Crippen molar-refractivity contribution in [3.05, 3.63) is 15.8 Å². The first-order valence-corrected chi connectivity index (χ1v) is 6.56. The maximum Gasteiger partial charge on any atom is 0.350 e. The van der Waals surface area contributed by atoms with Gasteiger partial charge in [-0.3, -0.25) is 0 Å². The second-order valence-corrected chi connectivity index (χ2v) is 4.81. The van der Waals surface area contributed by atoms with E-state index in [1.165, 1.54) is 29.1 Å². The van der Waals surface area contributed by atoms with Gasteiger partial charge in [0.2, 0.25) is 0 Å². The molecule has 90 valence electrons. The lowest BCUT2D eigenvalue weighted by Gasteiger charge is -1.98. The monoisotopic (exact) mass is 241 g/mol. The SMILES string of the molecule is CCCCCc1cc(N)c(C(=O)OCC)s1. The third kappa shape index (κ3) is 3.52. The first kappa shape index (κ1) is 13.0. The zero-order chi connectivity index (χ0) is 12.0. The normalized spacial score (nSPS) is 10.4. The van der Waals surface area contributed by atoms with Gasteiger partial charge in [-0.2, -0.15) is 0 Å². The predicted molar refractivity (Wildman–Crippen MR) is 67.9 cm³/mol. The van der Waals surface area contributed by atoms with Crippen LogP contribution in [-0.4, -0.2) is 12.6 Å². The summed E-state index contributed by atoms with van der Waals surface area (Å²) in [5.74, 6) is -0.299. The lowest BCUT2D eigenvalue weighted by molar-refractivity contribution is 0.0533. The minimum atomic E-state index is -0.299. The van der Waals surface area contributed by atoms with Crippen LogP contribution < -0.4 is 5.73 Å². The lowest BCUT2D eigenvalue weighted by atomic mass is 10.2. The average molecular weight is 241 g/mol. The first-order valence-electron chi connectivity index (χ1n) is 5.74. The highest BCUT2D eigenvalue weighted by Crippen LogP contribution is 2.26. The minimum Gasteiger partial charge on any atom is -0.462 e. The van der Waals surface area contributed by atoms with E-state index >= 15 is 0 Å². The second kappa shape index (κ2) is 6.53. The number of thiophene rings is 1. The standard InChI is InChI=1S/C12H19NO2S/c1-3-5-6-7-9-8-10(13)11(16-9)12(14)15-4-2/h8H,3-7,13H2,1-2H3. The molecule has 0 aliphatic heterocycles. The summed E-state index contributed by atoms with van der Waals surface area (Å²) in [5, 5.41) is 0. The molecule has 1 heterocycles. The van der Waals surface area contributed by atoms with Crippen LogP contribution in [0.15, 0.2) is 6.07 Å². The molecule has 0 saturated heterocycles. The van der Waals surface area contributed by atoms with Gasteiger partial charge in [0.25, 0.3) is 0 Å². The molecular formula is C12H19NO2S. The summed E-state index contributed by atoms with van der Waals surface area (Å²) in [7, 11) is 0. The summed E-state index contributed by atoms with van der Waals surface area (Å²) in [5.41, 5.74) is 6.34. The first-order chi connectivity index (χ1) is 7.69. The number of anilines is 1. The summed E-state index contributed by atoms with van der Waals surface area (Å²) in [6.45, 7) is 4.36. The minimum absolute atomic E-state index is 0.299. The average Bonchev–Trinajstić information content (AvgIpc) is 2.61. The summed E-state index contributed by atoms with van der Waals surface area (Å²) < 4.78 is 4.94. The van der Waals surface area contributed by atoms with Gasteiger partial charge in [-0.15, -0.1) is 11.3 Å². The van der Waals surface area contributed by atoms with Crippen molar-refractivity contribution in [3.63, 3.8) is 0 Å². The van der Waals surface area contributed by atoms with Crippen LogP contribution in [0.25, 0.3) is 0 Å². The quantitative estimate of drug-likeness (QED) is 0.614. The number of rotatable bonds is 6. The van der Waals surface area contributed by atoms with Gasteiger partial charge in [0.05, 0.1) is 12.3 Å². The number of aryl methyl sites for hydroxylation is 1. The second-order valence-electron chi connectivity index (χ2n) is 3.67. The number of nitrogen functional groups attached to an aromatic ring is 1. The van der Waals surface area contributed by atoms with E-state index < -0.39 is 0 Å². The largest absolute Gasteiger partial charge is 0.462 e. The van der Waals surface area contributed by atoms with Crippen molar-refractivity contribution in [1.82, 2.24) is 0 Å². The van der Waals surface area contributed by atoms with Crippen LogP contribution in [0.1, 0.15) is 47.7 Å². The van der Waals surface area contributed by atoms with Crippen LogP contribution >= 0.6 is 11.3 Å². The van der Waals surface area contributed by atoms with Gasteiger partial charge in [-0.25, -0.2) is 4.79 Å². The molecule has 0 aliphatic rings. The Morgan fingerprint density at radius 3 is 2.81 bits per heavy atom. The Morgan fingerprint density at radius 1 is 1.44 bits per heavy atom. The number of hydrogen-bond acceptors (Lipinski definition) is 4. The zero-order valence-corrected chi connectivity index (χ0v) is 10.7. The van der Waals surface area contributed by atoms with Crippen molar-refractivity contribution in [2.75, 3.05) is 12.3 Å². The van der Waals surface area contributed by atoms with Crippen LogP contribution in [0.5, 0.6) is 0 Å². The van der Waals surface area contributed by atoms with Crippen molar-refractivity contribution < 1.29 is 9.53 Å². The van der Waals surface area contributed by atoms with Gasteiger partial charge in [-0.05, 0) is 25.8 Å². The summed E-state index contributed by atoms with van der Waals surface area (Å²) >= 11 is 1.46. The van der Waals surface area contributed by atoms with Gasteiger partial charge in [0.15, 0.2) is 0 Å².